The van der Waals surface area contributed by atoms with Crippen molar-refractivity contribution in [3.8, 4) is 0 Å². The number of nitrogens with zero attached hydrogens (tertiary/aromatic N) is 1. The zero-order valence-corrected chi connectivity index (χ0v) is 18.5. The van der Waals surface area contributed by atoms with Crippen LogP contribution < -0.4 is 5.32 Å². The molecule has 160 valence electrons. The Morgan fingerprint density at radius 3 is 2.50 bits per heavy atom. The smallest absolute Gasteiger partial charge is 0.251 e. The normalized spacial score (nSPS) is 20.2. The van der Waals surface area contributed by atoms with Crippen LogP contribution >= 0.6 is 11.6 Å². The molecule has 2 aliphatic rings. The molecule has 7 heteroatoms. The van der Waals surface area contributed by atoms with E-state index in [0.717, 1.165) is 50.5 Å². The van der Waals surface area contributed by atoms with E-state index in [2.05, 4.69) is 17.4 Å². The van der Waals surface area contributed by atoms with Crippen molar-refractivity contribution < 1.29 is 13.2 Å². The minimum atomic E-state index is -3.73. The molecular formula is C23H27ClN2O3S. The highest BCUT2D eigenvalue weighted by molar-refractivity contribution is 7.89. The van der Waals surface area contributed by atoms with E-state index in [1.807, 2.05) is 12.1 Å². The first-order valence-corrected chi connectivity index (χ1v) is 12.5. The molecule has 4 rings (SSSR count). The Morgan fingerprint density at radius 1 is 1.00 bits per heavy atom. The molecule has 1 heterocycles. The Labute approximate surface area is 183 Å². The molecule has 1 amide bonds. The number of hydrogen-bond donors (Lipinski definition) is 1. The number of sulfonamides is 1. The van der Waals surface area contributed by atoms with Crippen LogP contribution in [-0.4, -0.2) is 31.7 Å². The van der Waals surface area contributed by atoms with Crippen molar-refractivity contribution in [1.82, 2.24) is 9.62 Å². The van der Waals surface area contributed by atoms with Crippen molar-refractivity contribution in [3.63, 3.8) is 0 Å². The van der Waals surface area contributed by atoms with Crippen LogP contribution in [0.2, 0.25) is 5.02 Å². The molecule has 1 aliphatic heterocycles. The summed E-state index contributed by atoms with van der Waals surface area (Å²) in [5, 5.41) is 3.24. The van der Waals surface area contributed by atoms with Gasteiger partial charge in [-0.15, -0.1) is 0 Å². The lowest BCUT2D eigenvalue weighted by Gasteiger charge is -2.26. The standard InChI is InChI=1S/C23H27ClN2O3S/c24-20-13-12-18(16-22(20)30(28,29)26-14-5-1-2-6-15-26)23(27)25-21-11-7-9-17-8-3-4-10-19(17)21/h3-4,8,10,12-13,16,21H,1-2,5-7,9,11,14-15H2,(H,25,27). The van der Waals surface area contributed by atoms with Crippen LogP contribution in [-0.2, 0) is 16.4 Å². The minimum Gasteiger partial charge on any atom is -0.345 e. The third kappa shape index (κ3) is 4.41. The number of aryl methyl sites for hydroxylation is 1. The Balaban J connectivity index is 1.58. The van der Waals surface area contributed by atoms with Crippen LogP contribution in [0, 0.1) is 0 Å². The third-order valence-corrected chi connectivity index (χ3v) is 8.43. The first-order valence-electron chi connectivity index (χ1n) is 10.7. The highest BCUT2D eigenvalue weighted by atomic mass is 35.5. The second-order valence-electron chi connectivity index (χ2n) is 8.08. The second kappa shape index (κ2) is 9.08. The number of amides is 1. The van der Waals surface area contributed by atoms with Gasteiger partial charge in [-0.1, -0.05) is 48.7 Å². The third-order valence-electron chi connectivity index (χ3n) is 6.05. The van der Waals surface area contributed by atoms with Gasteiger partial charge >= 0.3 is 0 Å². The summed E-state index contributed by atoms with van der Waals surface area (Å²) in [4.78, 5) is 13.0. The van der Waals surface area contributed by atoms with Gasteiger partial charge in [0.2, 0.25) is 10.0 Å². The molecule has 1 fully saturated rings. The topological polar surface area (TPSA) is 66.5 Å². The molecule has 2 aromatic carbocycles. The Hall–Kier alpha value is -1.89. The van der Waals surface area contributed by atoms with Gasteiger partial charge in [-0.2, -0.15) is 4.31 Å². The van der Waals surface area contributed by atoms with Crippen molar-refractivity contribution in [3.05, 3.63) is 64.2 Å². The molecule has 2 aromatic rings. The van der Waals surface area contributed by atoms with Crippen molar-refractivity contribution in [2.75, 3.05) is 13.1 Å². The Morgan fingerprint density at radius 2 is 1.73 bits per heavy atom. The maximum absolute atomic E-state index is 13.2. The van der Waals surface area contributed by atoms with E-state index in [4.69, 9.17) is 11.6 Å². The fourth-order valence-electron chi connectivity index (χ4n) is 4.41. The molecule has 0 saturated carbocycles. The van der Waals surface area contributed by atoms with Gasteiger partial charge in [-0.3, -0.25) is 4.79 Å². The van der Waals surface area contributed by atoms with Crippen molar-refractivity contribution in [1.29, 1.82) is 0 Å². The van der Waals surface area contributed by atoms with Crippen LogP contribution in [0.3, 0.4) is 0 Å². The lowest BCUT2D eigenvalue weighted by molar-refractivity contribution is 0.0932. The summed E-state index contributed by atoms with van der Waals surface area (Å²) in [7, 11) is -3.73. The lowest BCUT2D eigenvalue weighted by Crippen LogP contribution is -2.33. The molecular weight excluding hydrogens is 420 g/mol. The summed E-state index contributed by atoms with van der Waals surface area (Å²) in [6, 6.07) is 12.6. The number of carbonyl (C=O) groups is 1. The molecule has 0 radical (unpaired) electrons. The van der Waals surface area contributed by atoms with Gasteiger partial charge in [0, 0.05) is 18.7 Å². The number of carbonyl (C=O) groups excluding carboxylic acids is 1. The van der Waals surface area contributed by atoms with Gasteiger partial charge in [0.15, 0.2) is 0 Å². The Kier molecular flexibility index (Phi) is 6.46. The summed E-state index contributed by atoms with van der Waals surface area (Å²) in [6.07, 6.45) is 6.65. The predicted molar refractivity (Wildman–Crippen MR) is 118 cm³/mol. The fourth-order valence-corrected chi connectivity index (χ4v) is 6.43. The molecule has 0 aromatic heterocycles. The van der Waals surface area contributed by atoms with E-state index >= 15 is 0 Å². The van der Waals surface area contributed by atoms with E-state index in [9.17, 15) is 13.2 Å². The van der Waals surface area contributed by atoms with Gasteiger partial charge in [0.05, 0.1) is 11.1 Å². The zero-order chi connectivity index (χ0) is 21.1. The second-order valence-corrected chi connectivity index (χ2v) is 10.4. The van der Waals surface area contributed by atoms with Gasteiger partial charge in [-0.05, 0) is 61.4 Å². The maximum Gasteiger partial charge on any atom is 0.251 e. The van der Waals surface area contributed by atoms with E-state index in [1.54, 1.807) is 6.07 Å². The number of fused-ring (bicyclic) bond motifs is 1. The average Bonchev–Trinajstić information content (AvgIpc) is 3.04. The highest BCUT2D eigenvalue weighted by Crippen LogP contribution is 2.31. The SMILES string of the molecule is O=C(NC1CCCc2ccccc21)c1ccc(Cl)c(S(=O)(=O)N2CCCCCC2)c1. The summed E-state index contributed by atoms with van der Waals surface area (Å²) in [6.45, 7) is 0.988. The summed E-state index contributed by atoms with van der Waals surface area (Å²) in [5.41, 5.74) is 2.72. The van der Waals surface area contributed by atoms with Gasteiger partial charge in [-0.25, -0.2) is 8.42 Å². The lowest BCUT2D eigenvalue weighted by atomic mass is 9.87. The quantitative estimate of drug-likeness (QED) is 0.739. The molecule has 1 aliphatic carbocycles. The average molecular weight is 447 g/mol. The molecule has 0 bridgehead atoms. The zero-order valence-electron chi connectivity index (χ0n) is 16.9. The Bertz CT molecular complexity index is 1030. The van der Waals surface area contributed by atoms with Crippen LogP contribution in [0.5, 0.6) is 0 Å². The molecule has 5 nitrogen and oxygen atoms in total. The van der Waals surface area contributed by atoms with Crippen LogP contribution in [0.25, 0.3) is 0 Å². The van der Waals surface area contributed by atoms with E-state index in [0.29, 0.717) is 18.7 Å². The van der Waals surface area contributed by atoms with Crippen LogP contribution in [0.4, 0.5) is 0 Å². The highest BCUT2D eigenvalue weighted by Gasteiger charge is 2.29. The monoisotopic (exact) mass is 446 g/mol. The number of halogens is 1. The molecule has 1 atom stereocenters. The molecule has 1 saturated heterocycles. The van der Waals surface area contributed by atoms with Crippen LogP contribution in [0.15, 0.2) is 47.4 Å². The number of hydrogen-bond acceptors (Lipinski definition) is 3. The van der Waals surface area contributed by atoms with Crippen molar-refractivity contribution >= 4 is 27.5 Å². The molecule has 1 N–H and O–H groups in total. The number of nitrogens with one attached hydrogen (secondary N) is 1. The molecule has 0 spiro atoms. The predicted octanol–water partition coefficient (Wildman–Crippen LogP) is 4.71. The first kappa shape index (κ1) is 21.3. The maximum atomic E-state index is 13.2. The van der Waals surface area contributed by atoms with Crippen LogP contribution in [0.1, 0.15) is 66.1 Å². The van der Waals surface area contributed by atoms with E-state index in [1.165, 1.54) is 22.0 Å². The largest absolute Gasteiger partial charge is 0.345 e. The van der Waals surface area contributed by atoms with Crippen molar-refractivity contribution in [2.24, 2.45) is 0 Å². The minimum absolute atomic E-state index is 0.0164. The molecule has 1 unspecified atom stereocenters. The summed E-state index contributed by atoms with van der Waals surface area (Å²) < 4.78 is 27.9. The molecule has 30 heavy (non-hydrogen) atoms. The number of rotatable bonds is 4. The summed E-state index contributed by atoms with van der Waals surface area (Å²) >= 11 is 6.27. The van der Waals surface area contributed by atoms with Crippen molar-refractivity contribution in [2.45, 2.75) is 55.9 Å². The fraction of sp³-hybridized carbons (Fsp3) is 0.435. The van der Waals surface area contributed by atoms with Gasteiger partial charge < -0.3 is 5.32 Å². The first-order chi connectivity index (χ1) is 14.5. The van der Waals surface area contributed by atoms with E-state index in [-0.39, 0.29) is 21.9 Å². The van der Waals surface area contributed by atoms with E-state index < -0.39 is 10.0 Å². The number of benzene rings is 2. The summed E-state index contributed by atoms with van der Waals surface area (Å²) in [5.74, 6) is -0.277. The van der Waals surface area contributed by atoms with Gasteiger partial charge in [0.1, 0.15) is 4.90 Å². The van der Waals surface area contributed by atoms with Gasteiger partial charge in [0.25, 0.3) is 5.91 Å².